The number of hydrogen-bond donors (Lipinski definition) is 2. The SMILES string of the molecule is O=C(Nc1ccc(F)cc1)C(NC1CCCc2ccccc21)c1ccccc1. The van der Waals surface area contributed by atoms with Crippen LogP contribution in [0.2, 0.25) is 0 Å². The molecular weight excluding hydrogens is 351 g/mol. The van der Waals surface area contributed by atoms with Crippen LogP contribution >= 0.6 is 0 Å². The Morgan fingerprint density at radius 3 is 2.43 bits per heavy atom. The molecule has 2 unspecified atom stereocenters. The van der Waals surface area contributed by atoms with E-state index in [0.717, 1.165) is 24.8 Å². The lowest BCUT2D eigenvalue weighted by Crippen LogP contribution is -2.36. The molecule has 0 spiro atoms. The van der Waals surface area contributed by atoms with E-state index in [2.05, 4.69) is 34.9 Å². The largest absolute Gasteiger partial charge is 0.324 e. The molecule has 0 bridgehead atoms. The van der Waals surface area contributed by atoms with Crippen LogP contribution < -0.4 is 10.6 Å². The summed E-state index contributed by atoms with van der Waals surface area (Å²) in [6.45, 7) is 0. The molecule has 1 aliphatic rings. The first-order valence-electron chi connectivity index (χ1n) is 9.66. The number of rotatable bonds is 5. The fourth-order valence-corrected chi connectivity index (χ4v) is 3.84. The Hall–Kier alpha value is -2.98. The molecule has 142 valence electrons. The number of anilines is 1. The fourth-order valence-electron chi connectivity index (χ4n) is 3.84. The standard InChI is InChI=1S/C24H23FN2O/c25-19-13-15-20(16-14-19)26-24(28)23(18-8-2-1-3-9-18)27-22-12-6-10-17-7-4-5-11-21(17)22/h1-5,7-9,11,13-16,22-23,27H,6,10,12H2,(H,26,28). The highest BCUT2D eigenvalue weighted by atomic mass is 19.1. The minimum Gasteiger partial charge on any atom is -0.324 e. The summed E-state index contributed by atoms with van der Waals surface area (Å²) in [6, 6.07) is 23.6. The van der Waals surface area contributed by atoms with E-state index in [1.165, 1.54) is 23.3 Å². The van der Waals surface area contributed by atoms with Crippen LogP contribution in [0, 0.1) is 5.82 Å². The van der Waals surface area contributed by atoms with Gasteiger partial charge in [0.05, 0.1) is 0 Å². The van der Waals surface area contributed by atoms with Gasteiger partial charge < -0.3 is 5.32 Å². The summed E-state index contributed by atoms with van der Waals surface area (Å²) in [5.74, 6) is -0.476. The van der Waals surface area contributed by atoms with Crippen LogP contribution in [0.3, 0.4) is 0 Å². The van der Waals surface area contributed by atoms with Crippen molar-refractivity contribution in [1.82, 2.24) is 5.32 Å². The van der Waals surface area contributed by atoms with Crippen LogP contribution in [-0.2, 0) is 11.2 Å². The molecule has 3 aromatic rings. The lowest BCUT2D eigenvalue weighted by atomic mass is 9.87. The predicted molar refractivity (Wildman–Crippen MR) is 109 cm³/mol. The number of hydrogen-bond acceptors (Lipinski definition) is 2. The van der Waals surface area contributed by atoms with Gasteiger partial charge in [-0.15, -0.1) is 0 Å². The van der Waals surface area contributed by atoms with Gasteiger partial charge in [0, 0.05) is 11.7 Å². The highest BCUT2D eigenvalue weighted by Gasteiger charge is 2.27. The molecule has 2 atom stereocenters. The first-order valence-corrected chi connectivity index (χ1v) is 9.66. The molecule has 28 heavy (non-hydrogen) atoms. The number of nitrogens with one attached hydrogen (secondary N) is 2. The van der Waals surface area contributed by atoms with E-state index in [4.69, 9.17) is 0 Å². The lowest BCUT2D eigenvalue weighted by molar-refractivity contribution is -0.118. The topological polar surface area (TPSA) is 41.1 Å². The first kappa shape index (κ1) is 18.4. The quantitative estimate of drug-likeness (QED) is 0.647. The van der Waals surface area contributed by atoms with Gasteiger partial charge in [-0.05, 0) is 60.2 Å². The Labute approximate surface area is 164 Å². The minimum atomic E-state index is -0.498. The number of benzene rings is 3. The van der Waals surface area contributed by atoms with Crippen LogP contribution in [0.25, 0.3) is 0 Å². The number of fused-ring (bicyclic) bond motifs is 1. The Balaban J connectivity index is 1.60. The summed E-state index contributed by atoms with van der Waals surface area (Å²) < 4.78 is 13.2. The first-order chi connectivity index (χ1) is 13.7. The van der Waals surface area contributed by atoms with E-state index < -0.39 is 6.04 Å². The maximum absolute atomic E-state index is 13.2. The van der Waals surface area contributed by atoms with Crippen LogP contribution in [-0.4, -0.2) is 5.91 Å². The fraction of sp³-hybridized carbons (Fsp3) is 0.208. The average molecular weight is 374 g/mol. The average Bonchev–Trinajstić information content (AvgIpc) is 2.74. The van der Waals surface area contributed by atoms with Crippen LogP contribution in [0.4, 0.5) is 10.1 Å². The summed E-state index contributed by atoms with van der Waals surface area (Å²) in [5, 5.41) is 6.49. The Morgan fingerprint density at radius 2 is 1.64 bits per heavy atom. The molecule has 3 nitrogen and oxygen atoms in total. The molecule has 0 heterocycles. The molecule has 0 aliphatic heterocycles. The molecule has 4 heteroatoms. The molecule has 0 saturated carbocycles. The van der Waals surface area contributed by atoms with Crippen LogP contribution in [0.15, 0.2) is 78.9 Å². The summed E-state index contributed by atoms with van der Waals surface area (Å²) >= 11 is 0. The number of carbonyl (C=O) groups excluding carboxylic acids is 1. The van der Waals surface area contributed by atoms with Gasteiger partial charge in [-0.25, -0.2) is 4.39 Å². The van der Waals surface area contributed by atoms with Crippen molar-refractivity contribution in [3.63, 3.8) is 0 Å². The second-order valence-electron chi connectivity index (χ2n) is 7.15. The molecular formula is C24H23FN2O. The van der Waals surface area contributed by atoms with Gasteiger partial charge in [-0.1, -0.05) is 54.6 Å². The zero-order valence-corrected chi connectivity index (χ0v) is 15.6. The summed E-state index contributed by atoms with van der Waals surface area (Å²) in [7, 11) is 0. The smallest absolute Gasteiger partial charge is 0.246 e. The Kier molecular flexibility index (Phi) is 5.49. The van der Waals surface area contributed by atoms with Crippen molar-refractivity contribution < 1.29 is 9.18 Å². The predicted octanol–water partition coefficient (Wildman–Crippen LogP) is 5.17. The molecule has 1 aliphatic carbocycles. The van der Waals surface area contributed by atoms with E-state index >= 15 is 0 Å². The second kappa shape index (κ2) is 8.36. The van der Waals surface area contributed by atoms with Crippen molar-refractivity contribution in [2.24, 2.45) is 0 Å². The van der Waals surface area contributed by atoms with Crippen molar-refractivity contribution in [2.45, 2.75) is 31.3 Å². The molecule has 0 radical (unpaired) electrons. The van der Waals surface area contributed by atoms with E-state index in [1.54, 1.807) is 12.1 Å². The summed E-state index contributed by atoms with van der Waals surface area (Å²) in [4.78, 5) is 13.1. The summed E-state index contributed by atoms with van der Waals surface area (Å²) in [5.41, 5.74) is 4.10. The van der Waals surface area contributed by atoms with Gasteiger partial charge >= 0.3 is 0 Å². The monoisotopic (exact) mass is 374 g/mol. The van der Waals surface area contributed by atoms with Gasteiger partial charge in [-0.3, -0.25) is 10.1 Å². The number of aryl methyl sites for hydroxylation is 1. The maximum atomic E-state index is 13.2. The lowest BCUT2D eigenvalue weighted by Gasteiger charge is -2.30. The number of carbonyl (C=O) groups is 1. The minimum absolute atomic E-state index is 0.120. The van der Waals surface area contributed by atoms with Crippen molar-refractivity contribution >= 4 is 11.6 Å². The normalized spacial score (nSPS) is 16.8. The van der Waals surface area contributed by atoms with Gasteiger partial charge in [0.15, 0.2) is 0 Å². The third-order valence-electron chi connectivity index (χ3n) is 5.24. The molecule has 0 fully saturated rings. The van der Waals surface area contributed by atoms with Gasteiger partial charge in [0.2, 0.25) is 5.91 Å². The van der Waals surface area contributed by atoms with Gasteiger partial charge in [0.25, 0.3) is 0 Å². The molecule has 0 aromatic heterocycles. The highest BCUT2D eigenvalue weighted by Crippen LogP contribution is 2.32. The Bertz CT molecular complexity index is 940. The zero-order valence-electron chi connectivity index (χ0n) is 15.6. The van der Waals surface area contributed by atoms with E-state index in [0.29, 0.717) is 5.69 Å². The number of halogens is 1. The second-order valence-corrected chi connectivity index (χ2v) is 7.15. The highest BCUT2D eigenvalue weighted by molar-refractivity contribution is 5.95. The van der Waals surface area contributed by atoms with Gasteiger partial charge in [0.1, 0.15) is 11.9 Å². The zero-order chi connectivity index (χ0) is 19.3. The van der Waals surface area contributed by atoms with Crippen molar-refractivity contribution in [2.75, 3.05) is 5.32 Å². The summed E-state index contributed by atoms with van der Waals surface area (Å²) in [6.07, 6.45) is 3.16. The van der Waals surface area contributed by atoms with Crippen LogP contribution in [0.5, 0.6) is 0 Å². The van der Waals surface area contributed by atoms with E-state index in [1.807, 2.05) is 30.3 Å². The third kappa shape index (κ3) is 4.12. The molecule has 4 rings (SSSR count). The molecule has 0 saturated heterocycles. The maximum Gasteiger partial charge on any atom is 0.246 e. The van der Waals surface area contributed by atoms with Crippen molar-refractivity contribution in [1.29, 1.82) is 0 Å². The van der Waals surface area contributed by atoms with Crippen molar-refractivity contribution in [3.8, 4) is 0 Å². The van der Waals surface area contributed by atoms with E-state index in [9.17, 15) is 9.18 Å². The van der Waals surface area contributed by atoms with Gasteiger partial charge in [-0.2, -0.15) is 0 Å². The third-order valence-corrected chi connectivity index (χ3v) is 5.24. The number of amides is 1. The van der Waals surface area contributed by atoms with Crippen molar-refractivity contribution in [3.05, 3.63) is 101 Å². The molecule has 2 N–H and O–H groups in total. The van der Waals surface area contributed by atoms with E-state index in [-0.39, 0.29) is 17.8 Å². The Morgan fingerprint density at radius 1 is 0.929 bits per heavy atom. The molecule has 1 amide bonds. The van der Waals surface area contributed by atoms with Crippen LogP contribution in [0.1, 0.15) is 41.6 Å². The molecule has 3 aromatic carbocycles.